The second-order valence-corrected chi connectivity index (χ2v) is 9.05. The Morgan fingerprint density at radius 2 is 1.69 bits per heavy atom. The lowest BCUT2D eigenvalue weighted by molar-refractivity contribution is 0.103. The minimum atomic E-state index is -0.140. The highest BCUT2D eigenvalue weighted by Crippen LogP contribution is 2.44. The summed E-state index contributed by atoms with van der Waals surface area (Å²) < 4.78 is 0. The van der Waals surface area contributed by atoms with E-state index in [0.717, 1.165) is 5.56 Å². The fourth-order valence-corrected chi connectivity index (χ4v) is 4.63. The van der Waals surface area contributed by atoms with Gasteiger partial charge in [-0.2, -0.15) is 15.2 Å². The van der Waals surface area contributed by atoms with E-state index in [9.17, 15) is 4.79 Å². The number of thiol groups is 2. The van der Waals surface area contributed by atoms with Crippen LogP contribution in [0.5, 0.6) is 0 Å². The maximum Gasteiger partial charge on any atom is 0.237 e. The molecule has 3 aromatic carbocycles. The number of benzene rings is 3. The topological polar surface area (TPSA) is 130 Å². The van der Waals surface area contributed by atoms with E-state index >= 15 is 0 Å². The summed E-state index contributed by atoms with van der Waals surface area (Å²) in [6.45, 7) is 5.89. The van der Waals surface area contributed by atoms with Gasteiger partial charge in [0.1, 0.15) is 11.9 Å². The van der Waals surface area contributed by atoms with E-state index in [1.54, 1.807) is 31.2 Å². The fourth-order valence-electron chi connectivity index (χ4n) is 4.12. The molecule has 8 nitrogen and oxygen atoms in total. The molecule has 0 atom stereocenters. The number of hydrogen-bond donors (Lipinski definition) is 5. The lowest BCUT2D eigenvalue weighted by atomic mass is 9.80. The molecule has 1 aromatic heterocycles. The lowest BCUT2D eigenvalue weighted by Crippen LogP contribution is -2.18. The van der Waals surface area contributed by atoms with E-state index < -0.39 is 0 Å². The number of nitrogen functional groups attached to an aromatic ring is 1. The summed E-state index contributed by atoms with van der Waals surface area (Å²) in [7, 11) is 0. The van der Waals surface area contributed by atoms with Gasteiger partial charge in [-0.05, 0) is 42.3 Å². The van der Waals surface area contributed by atoms with Crippen LogP contribution in [0.25, 0.3) is 5.57 Å². The maximum absolute atomic E-state index is 13.5. The number of aryl methyl sites for hydroxylation is 1. The van der Waals surface area contributed by atoms with Crippen LogP contribution in [0.4, 0.5) is 28.7 Å². The molecule has 1 aliphatic rings. The van der Waals surface area contributed by atoms with Gasteiger partial charge in [-0.15, -0.1) is 25.3 Å². The van der Waals surface area contributed by atoms with Crippen LogP contribution in [0.15, 0.2) is 64.9 Å². The molecule has 0 spiro atoms. The summed E-state index contributed by atoms with van der Waals surface area (Å²) in [4.78, 5) is 26.9. The predicted molar refractivity (Wildman–Crippen MR) is 146 cm³/mol. The van der Waals surface area contributed by atoms with Crippen LogP contribution in [0.2, 0.25) is 0 Å². The smallest absolute Gasteiger partial charge is 0.237 e. The number of nitrogens with one attached hydrogen (secondary N) is 2. The lowest BCUT2D eigenvalue weighted by Gasteiger charge is -2.26. The average molecular weight is 510 g/mol. The quantitative estimate of drug-likeness (QED) is 0.163. The number of nitrogens with two attached hydrogens (primary N) is 1. The third kappa shape index (κ3) is 4.04. The van der Waals surface area contributed by atoms with Crippen molar-refractivity contribution in [3.05, 3.63) is 89.0 Å². The second kappa shape index (κ2) is 9.03. The number of fused-ring (bicyclic) bond motifs is 2. The van der Waals surface area contributed by atoms with Crippen molar-refractivity contribution in [1.29, 1.82) is 5.26 Å². The number of aromatic nitrogens is 3. The Bertz CT molecular complexity index is 1640. The van der Waals surface area contributed by atoms with Crippen molar-refractivity contribution in [3.63, 3.8) is 0 Å². The molecule has 4 aromatic rings. The zero-order valence-corrected chi connectivity index (χ0v) is 20.8. The Balaban J connectivity index is 1.51. The van der Waals surface area contributed by atoms with Gasteiger partial charge in [0.25, 0.3) is 0 Å². The highest BCUT2D eigenvalue weighted by molar-refractivity contribution is 7.80. The third-order valence-electron chi connectivity index (χ3n) is 5.74. The highest BCUT2D eigenvalue weighted by Gasteiger charge is 2.31. The van der Waals surface area contributed by atoms with E-state index in [0.29, 0.717) is 60.6 Å². The van der Waals surface area contributed by atoms with E-state index in [-0.39, 0.29) is 17.6 Å². The van der Waals surface area contributed by atoms with Crippen molar-refractivity contribution < 1.29 is 4.79 Å². The Hall–Kier alpha value is -4.33. The van der Waals surface area contributed by atoms with Crippen molar-refractivity contribution in [2.75, 3.05) is 16.4 Å². The predicted octanol–water partition coefficient (Wildman–Crippen LogP) is 5.30. The molecule has 0 bridgehead atoms. The number of ketones is 1. The van der Waals surface area contributed by atoms with Crippen LogP contribution in [0.3, 0.4) is 0 Å². The van der Waals surface area contributed by atoms with Crippen molar-refractivity contribution in [3.8, 4) is 6.07 Å². The molecule has 1 heterocycles. The Kier molecular flexibility index (Phi) is 5.88. The maximum atomic E-state index is 13.5. The summed E-state index contributed by atoms with van der Waals surface area (Å²) in [5, 5.41) is 15.5. The largest absolute Gasteiger partial charge is 0.397 e. The summed E-state index contributed by atoms with van der Waals surface area (Å²) in [6.07, 6.45) is 0. The van der Waals surface area contributed by atoms with Crippen molar-refractivity contribution >= 4 is 65.3 Å². The van der Waals surface area contributed by atoms with Crippen LogP contribution in [0, 0.1) is 18.3 Å². The highest BCUT2D eigenvalue weighted by atomic mass is 32.1. The van der Waals surface area contributed by atoms with Crippen LogP contribution >= 0.6 is 25.3 Å². The molecular weight excluding hydrogens is 490 g/mol. The molecular formula is C26H19N7OS2. The number of nitrogens with zero attached hydrogens (tertiary/aromatic N) is 4. The normalized spacial score (nSPS) is 11.9. The Labute approximate surface area is 218 Å². The summed E-state index contributed by atoms with van der Waals surface area (Å²) in [5.74, 6) is 0.544. The average Bonchev–Trinajstić information content (AvgIpc) is 2.86. The second-order valence-electron chi connectivity index (χ2n) is 8.08. The molecule has 0 saturated carbocycles. The molecule has 4 N–H and O–H groups in total. The molecule has 5 rings (SSSR count). The number of carbonyl (C=O) groups excluding carboxylic acids is 1. The third-order valence-corrected chi connectivity index (χ3v) is 6.48. The molecule has 0 saturated heterocycles. The minimum absolute atomic E-state index is 0.0208. The molecule has 0 aliphatic heterocycles. The molecule has 0 unspecified atom stereocenters. The Morgan fingerprint density at radius 3 is 2.42 bits per heavy atom. The van der Waals surface area contributed by atoms with E-state index in [2.05, 4.69) is 57.4 Å². The first kappa shape index (κ1) is 23.4. The monoisotopic (exact) mass is 509 g/mol. The first-order valence-electron chi connectivity index (χ1n) is 10.8. The molecule has 0 radical (unpaired) electrons. The van der Waals surface area contributed by atoms with Crippen molar-refractivity contribution in [2.45, 2.75) is 16.7 Å². The van der Waals surface area contributed by atoms with Gasteiger partial charge in [-0.3, -0.25) is 4.79 Å². The van der Waals surface area contributed by atoms with E-state index in [1.165, 1.54) is 0 Å². The van der Waals surface area contributed by atoms with Crippen LogP contribution in [-0.4, -0.2) is 20.7 Å². The van der Waals surface area contributed by atoms with Gasteiger partial charge >= 0.3 is 0 Å². The zero-order valence-electron chi connectivity index (χ0n) is 19.0. The number of hydrogen-bond acceptors (Lipinski definition) is 10. The Morgan fingerprint density at radius 1 is 0.944 bits per heavy atom. The standard InChI is InChI=1S/C26H19N7OS2/c1-12-15-5-3-4-6-16(15)25(34)23-18(10-20(36)24(28)22(12)23)31-14-7-8-17(19(35)9-14)32-26-30-13(2)29-21(11-27)33-26/h3-10,31,35-36H,1,28H2,2H3,(H,29,30,32,33). The molecule has 0 amide bonds. The van der Waals surface area contributed by atoms with Crippen molar-refractivity contribution in [2.24, 2.45) is 0 Å². The van der Waals surface area contributed by atoms with E-state index in [4.69, 9.17) is 11.0 Å². The number of nitriles is 1. The van der Waals surface area contributed by atoms with Gasteiger partial charge in [-0.1, -0.05) is 30.8 Å². The molecule has 1 aliphatic carbocycles. The minimum Gasteiger partial charge on any atom is -0.397 e. The van der Waals surface area contributed by atoms with Crippen LogP contribution < -0.4 is 16.4 Å². The first-order chi connectivity index (χ1) is 17.3. The SMILES string of the molecule is C=C1c2ccccc2C(=O)c2c(Nc3ccc(Nc4nc(C)nc(C#N)n4)c(S)c3)cc(S)c(N)c21. The van der Waals surface area contributed by atoms with E-state index in [1.807, 2.05) is 30.3 Å². The number of carbonyl (C=O) groups is 1. The van der Waals surface area contributed by atoms with Crippen molar-refractivity contribution in [1.82, 2.24) is 15.0 Å². The molecule has 36 heavy (non-hydrogen) atoms. The van der Waals surface area contributed by atoms with Gasteiger partial charge in [0.15, 0.2) is 5.78 Å². The first-order valence-corrected chi connectivity index (χ1v) is 11.6. The summed E-state index contributed by atoms with van der Waals surface area (Å²) in [5.41, 5.74) is 11.7. The molecule has 10 heteroatoms. The fraction of sp³-hybridized carbons (Fsp3) is 0.0385. The van der Waals surface area contributed by atoms with Crippen LogP contribution in [-0.2, 0) is 0 Å². The molecule has 176 valence electrons. The van der Waals surface area contributed by atoms with Gasteiger partial charge in [-0.25, -0.2) is 4.98 Å². The van der Waals surface area contributed by atoms with Crippen LogP contribution in [0.1, 0.15) is 38.7 Å². The molecule has 0 fully saturated rings. The number of rotatable bonds is 4. The summed E-state index contributed by atoms with van der Waals surface area (Å²) >= 11 is 9.13. The van der Waals surface area contributed by atoms with Gasteiger partial charge in [0.2, 0.25) is 11.8 Å². The number of anilines is 5. The summed E-state index contributed by atoms with van der Waals surface area (Å²) in [6, 6.07) is 16.4. The zero-order chi connectivity index (χ0) is 25.6. The van der Waals surface area contributed by atoms with Gasteiger partial charge in [0.05, 0.1) is 22.6 Å². The van der Waals surface area contributed by atoms with Gasteiger partial charge < -0.3 is 16.4 Å². The van der Waals surface area contributed by atoms with Gasteiger partial charge in [0, 0.05) is 26.6 Å².